The van der Waals surface area contributed by atoms with E-state index in [1.807, 2.05) is 0 Å². The molecule has 0 aliphatic rings. The SMILES string of the molecule is CC[P+](CC)(CC)Cc1ccc(Oc2ccc(C[P+](CC)(CC)CC)cc2)cc1. The van der Waals surface area contributed by atoms with E-state index in [0.717, 1.165) is 11.5 Å². The minimum Gasteiger partial charge on any atom is -0.457 e. The molecule has 0 unspecified atom stereocenters. The largest absolute Gasteiger partial charge is 0.457 e. The van der Waals surface area contributed by atoms with E-state index < -0.39 is 14.5 Å². The van der Waals surface area contributed by atoms with Crippen LogP contribution < -0.4 is 4.74 Å². The molecule has 0 amide bonds. The fourth-order valence-electron chi connectivity index (χ4n) is 4.25. The van der Waals surface area contributed by atoms with Crippen LogP contribution in [0.3, 0.4) is 0 Å². The predicted molar refractivity (Wildman–Crippen MR) is 137 cm³/mol. The first-order valence-electron chi connectivity index (χ1n) is 11.5. The summed E-state index contributed by atoms with van der Waals surface area (Å²) in [6.45, 7) is 14.2. The summed E-state index contributed by atoms with van der Waals surface area (Å²) in [6, 6.07) is 17.6. The molecule has 0 aromatic heterocycles. The molecule has 0 atom stereocenters. The standard InChI is InChI=1S/C26H42OP2/c1-7-28(8-2,9-3)21-23-13-17-25(18-14-23)27-26-19-15-24(16-20-26)22-29(10-4,11-5)12-6/h13-20H,7-12,21-22H2,1-6H3/q+2. The average molecular weight is 433 g/mol. The van der Waals surface area contributed by atoms with Gasteiger partial charge in [-0.1, -0.05) is 24.3 Å². The Balaban J connectivity index is 2.02. The van der Waals surface area contributed by atoms with Crippen molar-refractivity contribution in [3.63, 3.8) is 0 Å². The van der Waals surface area contributed by atoms with E-state index in [9.17, 15) is 0 Å². The van der Waals surface area contributed by atoms with E-state index >= 15 is 0 Å². The van der Waals surface area contributed by atoms with Gasteiger partial charge in [0.2, 0.25) is 0 Å². The van der Waals surface area contributed by atoms with Gasteiger partial charge in [0.05, 0.1) is 49.3 Å². The predicted octanol–water partition coefficient (Wildman–Crippen LogP) is 8.63. The van der Waals surface area contributed by atoms with Gasteiger partial charge in [0.15, 0.2) is 0 Å². The van der Waals surface area contributed by atoms with E-state index in [0.29, 0.717) is 0 Å². The molecular weight excluding hydrogens is 390 g/mol. The monoisotopic (exact) mass is 432 g/mol. The zero-order valence-electron chi connectivity index (χ0n) is 19.6. The maximum absolute atomic E-state index is 6.12. The Labute approximate surface area is 181 Å². The molecule has 0 radical (unpaired) electrons. The Morgan fingerprint density at radius 1 is 0.483 bits per heavy atom. The molecule has 0 aliphatic heterocycles. The third kappa shape index (κ3) is 6.54. The Hall–Kier alpha value is -0.900. The molecule has 3 heteroatoms. The maximum Gasteiger partial charge on any atom is 0.127 e. The minimum absolute atomic E-state index is 0.812. The van der Waals surface area contributed by atoms with Crippen molar-refractivity contribution in [2.45, 2.75) is 53.9 Å². The molecule has 2 aromatic rings. The number of rotatable bonds is 12. The highest BCUT2D eigenvalue weighted by Gasteiger charge is 2.32. The van der Waals surface area contributed by atoms with Gasteiger partial charge in [-0.25, -0.2) is 0 Å². The van der Waals surface area contributed by atoms with E-state index in [2.05, 4.69) is 90.1 Å². The third-order valence-electron chi connectivity index (χ3n) is 7.14. The van der Waals surface area contributed by atoms with Crippen LogP contribution in [-0.2, 0) is 12.3 Å². The topological polar surface area (TPSA) is 9.23 Å². The molecule has 2 aromatic carbocycles. The van der Waals surface area contributed by atoms with Gasteiger partial charge in [0.1, 0.15) is 11.5 Å². The molecule has 1 nitrogen and oxygen atoms in total. The molecule has 2 rings (SSSR count). The Morgan fingerprint density at radius 2 is 0.759 bits per heavy atom. The lowest BCUT2D eigenvalue weighted by Crippen LogP contribution is -2.06. The summed E-state index contributed by atoms with van der Waals surface area (Å²) in [5.74, 6) is 1.87. The van der Waals surface area contributed by atoms with Crippen LogP contribution in [0.2, 0.25) is 0 Å². The molecule has 0 fully saturated rings. The summed E-state index contributed by atoms with van der Waals surface area (Å²) >= 11 is 0. The van der Waals surface area contributed by atoms with Gasteiger partial charge in [0.25, 0.3) is 0 Å². The van der Waals surface area contributed by atoms with Crippen LogP contribution in [-0.4, -0.2) is 37.0 Å². The van der Waals surface area contributed by atoms with Crippen molar-refractivity contribution >= 4 is 14.5 Å². The van der Waals surface area contributed by atoms with Crippen LogP contribution in [0.1, 0.15) is 52.7 Å². The van der Waals surface area contributed by atoms with Crippen LogP contribution in [0.5, 0.6) is 11.5 Å². The van der Waals surface area contributed by atoms with Crippen molar-refractivity contribution < 1.29 is 4.74 Å². The molecule has 0 bridgehead atoms. The summed E-state index contributed by atoms with van der Waals surface area (Å²) in [5.41, 5.74) is 2.93. The summed E-state index contributed by atoms with van der Waals surface area (Å²) in [5, 5.41) is 0. The van der Waals surface area contributed by atoms with E-state index in [1.54, 1.807) is 0 Å². The Morgan fingerprint density at radius 3 is 1.00 bits per heavy atom. The zero-order chi connectivity index (χ0) is 21.3. The highest BCUT2D eigenvalue weighted by atomic mass is 31.2. The third-order valence-corrected chi connectivity index (χ3v) is 17.3. The van der Waals surface area contributed by atoms with Gasteiger partial charge in [-0.15, -0.1) is 0 Å². The summed E-state index contributed by atoms with van der Waals surface area (Å²) < 4.78 is 6.12. The number of hydrogen-bond acceptors (Lipinski definition) is 1. The van der Waals surface area contributed by atoms with Gasteiger partial charge >= 0.3 is 0 Å². The lowest BCUT2D eigenvalue weighted by Gasteiger charge is -2.24. The maximum atomic E-state index is 6.12. The summed E-state index contributed by atoms with van der Waals surface area (Å²) in [6.07, 6.45) is 10.6. The molecule has 0 aliphatic carbocycles. The Kier molecular flexibility index (Phi) is 9.65. The minimum atomic E-state index is -0.812. The molecule has 0 saturated heterocycles. The van der Waals surface area contributed by atoms with Crippen LogP contribution in [0.4, 0.5) is 0 Å². The number of hydrogen-bond donors (Lipinski definition) is 0. The number of ether oxygens (including phenoxy) is 1. The quantitative estimate of drug-likeness (QED) is 0.305. The van der Waals surface area contributed by atoms with Crippen molar-refractivity contribution in [2.24, 2.45) is 0 Å². The molecule has 0 spiro atoms. The summed E-state index contributed by atoms with van der Waals surface area (Å²) in [7, 11) is -1.62. The van der Waals surface area contributed by atoms with Crippen LogP contribution in [0.15, 0.2) is 48.5 Å². The smallest absolute Gasteiger partial charge is 0.127 e. The first-order valence-corrected chi connectivity index (χ1v) is 16.6. The average Bonchev–Trinajstić information content (AvgIpc) is 2.78. The molecule has 0 heterocycles. The zero-order valence-corrected chi connectivity index (χ0v) is 21.4. The lowest BCUT2D eigenvalue weighted by molar-refractivity contribution is 0.482. The van der Waals surface area contributed by atoms with Crippen LogP contribution >= 0.6 is 14.5 Å². The molecule has 160 valence electrons. The van der Waals surface area contributed by atoms with Gasteiger partial charge in [-0.2, -0.15) is 0 Å². The van der Waals surface area contributed by atoms with Crippen molar-refractivity contribution in [1.29, 1.82) is 0 Å². The summed E-state index contributed by atoms with van der Waals surface area (Å²) in [4.78, 5) is 0. The second-order valence-electron chi connectivity index (χ2n) is 8.29. The fourth-order valence-corrected chi connectivity index (χ4v) is 10.2. The van der Waals surface area contributed by atoms with Crippen molar-refractivity contribution in [3.05, 3.63) is 59.7 Å². The second kappa shape index (κ2) is 11.5. The van der Waals surface area contributed by atoms with Gasteiger partial charge in [0, 0.05) is 14.5 Å². The normalized spacial score (nSPS) is 12.2. The highest BCUT2D eigenvalue weighted by Crippen LogP contribution is 2.61. The van der Waals surface area contributed by atoms with Gasteiger partial charge in [-0.3, -0.25) is 0 Å². The van der Waals surface area contributed by atoms with E-state index in [-0.39, 0.29) is 0 Å². The van der Waals surface area contributed by atoms with Crippen LogP contribution in [0.25, 0.3) is 0 Å². The van der Waals surface area contributed by atoms with Crippen molar-refractivity contribution in [1.82, 2.24) is 0 Å². The van der Waals surface area contributed by atoms with Crippen LogP contribution in [0, 0.1) is 0 Å². The molecular formula is C26H42OP2+2. The lowest BCUT2D eigenvalue weighted by atomic mass is 10.2. The highest BCUT2D eigenvalue weighted by molar-refractivity contribution is 7.75. The molecule has 29 heavy (non-hydrogen) atoms. The van der Waals surface area contributed by atoms with Crippen molar-refractivity contribution in [3.8, 4) is 11.5 Å². The Bertz CT molecular complexity index is 633. The first kappa shape index (κ1) is 24.4. The van der Waals surface area contributed by atoms with E-state index in [4.69, 9.17) is 4.74 Å². The van der Waals surface area contributed by atoms with Gasteiger partial charge < -0.3 is 4.74 Å². The molecule has 0 N–H and O–H groups in total. The van der Waals surface area contributed by atoms with Gasteiger partial charge in [-0.05, 0) is 76.9 Å². The second-order valence-corrected chi connectivity index (χ2v) is 18.1. The number of benzene rings is 2. The van der Waals surface area contributed by atoms with Crippen molar-refractivity contribution in [2.75, 3.05) is 37.0 Å². The van der Waals surface area contributed by atoms with E-state index in [1.165, 1.54) is 60.4 Å². The molecule has 0 saturated carbocycles. The fraction of sp³-hybridized carbons (Fsp3) is 0.538. The first-order chi connectivity index (χ1) is 14.0.